The molecule has 0 aromatic carbocycles. The molecule has 0 bridgehead atoms. The van der Waals surface area contributed by atoms with Crippen LogP contribution >= 0.6 is 0 Å². The van der Waals surface area contributed by atoms with E-state index < -0.39 is 18.4 Å². The van der Waals surface area contributed by atoms with Crippen molar-refractivity contribution in [2.75, 3.05) is 13.2 Å². The molecule has 1 fully saturated rings. The zero-order valence-corrected chi connectivity index (χ0v) is 8.64. The third kappa shape index (κ3) is 4.36. The fourth-order valence-electron chi connectivity index (χ4n) is 1.55. The van der Waals surface area contributed by atoms with Crippen molar-refractivity contribution >= 4 is 0 Å². The van der Waals surface area contributed by atoms with Crippen LogP contribution in [0.1, 0.15) is 26.2 Å². The molecular weight excluding hydrogens is 211 g/mol. The van der Waals surface area contributed by atoms with Crippen molar-refractivity contribution in [3.63, 3.8) is 0 Å². The topological polar surface area (TPSA) is 44.5 Å². The van der Waals surface area contributed by atoms with Crippen LogP contribution in [0, 0.1) is 0 Å². The van der Waals surface area contributed by atoms with Crippen LogP contribution in [0.25, 0.3) is 0 Å². The number of alkyl halides is 3. The number of rotatable bonds is 4. The first-order chi connectivity index (χ1) is 6.85. The van der Waals surface area contributed by atoms with Gasteiger partial charge in [0.1, 0.15) is 0 Å². The van der Waals surface area contributed by atoms with Crippen molar-refractivity contribution in [3.8, 4) is 0 Å². The van der Waals surface area contributed by atoms with E-state index in [9.17, 15) is 13.2 Å². The third-order valence-electron chi connectivity index (χ3n) is 2.34. The summed E-state index contributed by atoms with van der Waals surface area (Å²) in [6.07, 6.45) is -4.86. The fourth-order valence-corrected chi connectivity index (χ4v) is 1.55. The Kier molecular flexibility index (Phi) is 3.97. The average molecular weight is 227 g/mol. The highest BCUT2D eigenvalue weighted by Gasteiger charge is 2.37. The molecule has 0 aromatic heterocycles. The molecule has 1 saturated heterocycles. The minimum absolute atomic E-state index is 0.0112. The van der Waals surface area contributed by atoms with Crippen LogP contribution in [-0.2, 0) is 9.47 Å². The molecule has 15 heavy (non-hydrogen) atoms. The van der Waals surface area contributed by atoms with Crippen LogP contribution in [0.2, 0.25) is 0 Å². The Hall–Kier alpha value is -0.330. The normalized spacial score (nSPS) is 32.2. The third-order valence-corrected chi connectivity index (χ3v) is 2.34. The summed E-state index contributed by atoms with van der Waals surface area (Å²) >= 11 is 0. The fraction of sp³-hybridized carbons (Fsp3) is 1.00. The van der Waals surface area contributed by atoms with Crippen LogP contribution in [0.4, 0.5) is 13.2 Å². The zero-order valence-electron chi connectivity index (χ0n) is 8.64. The van der Waals surface area contributed by atoms with Crippen molar-refractivity contribution in [1.29, 1.82) is 0 Å². The van der Waals surface area contributed by atoms with Crippen LogP contribution in [0.15, 0.2) is 0 Å². The second kappa shape index (κ2) is 4.67. The molecule has 6 heteroatoms. The quantitative estimate of drug-likeness (QED) is 0.796. The molecule has 0 amide bonds. The van der Waals surface area contributed by atoms with Crippen molar-refractivity contribution < 1.29 is 22.6 Å². The number of nitrogens with two attached hydrogens (primary N) is 1. The molecule has 0 spiro atoms. The summed E-state index contributed by atoms with van der Waals surface area (Å²) < 4.78 is 46.4. The van der Waals surface area contributed by atoms with Gasteiger partial charge >= 0.3 is 6.18 Å². The van der Waals surface area contributed by atoms with Crippen LogP contribution in [-0.4, -0.2) is 31.2 Å². The summed E-state index contributed by atoms with van der Waals surface area (Å²) in [4.78, 5) is 0. The number of hydrogen-bond acceptors (Lipinski definition) is 3. The van der Waals surface area contributed by atoms with Gasteiger partial charge in [0, 0.05) is 19.4 Å². The van der Waals surface area contributed by atoms with Gasteiger partial charge in [-0.3, -0.25) is 0 Å². The van der Waals surface area contributed by atoms with Crippen molar-refractivity contribution in [3.05, 3.63) is 0 Å². The van der Waals surface area contributed by atoms with E-state index in [-0.39, 0.29) is 18.9 Å². The molecule has 2 atom stereocenters. The second-order valence-corrected chi connectivity index (χ2v) is 3.89. The first-order valence-corrected chi connectivity index (χ1v) is 4.93. The van der Waals surface area contributed by atoms with Crippen LogP contribution < -0.4 is 5.73 Å². The first-order valence-electron chi connectivity index (χ1n) is 4.93. The maximum absolute atomic E-state index is 11.9. The number of halogens is 3. The van der Waals surface area contributed by atoms with Gasteiger partial charge in [-0.1, -0.05) is 0 Å². The number of ether oxygens (including phenoxy) is 2. The monoisotopic (exact) mass is 227 g/mol. The van der Waals surface area contributed by atoms with Crippen molar-refractivity contribution in [2.45, 2.75) is 44.3 Å². The molecular formula is C9H16F3NO2. The van der Waals surface area contributed by atoms with E-state index >= 15 is 0 Å². The smallest absolute Gasteiger partial charge is 0.347 e. The molecule has 1 aliphatic heterocycles. The van der Waals surface area contributed by atoms with Gasteiger partial charge in [0.05, 0.1) is 12.7 Å². The first kappa shape index (κ1) is 12.7. The highest BCUT2D eigenvalue weighted by atomic mass is 19.4. The van der Waals surface area contributed by atoms with Crippen LogP contribution in [0.3, 0.4) is 0 Å². The average Bonchev–Trinajstić information content (AvgIpc) is 2.45. The SMILES string of the molecule is CC1(CCCC(F)(F)F)OCC(CN)O1. The van der Waals surface area contributed by atoms with E-state index in [4.69, 9.17) is 15.2 Å². The van der Waals surface area contributed by atoms with Crippen molar-refractivity contribution in [2.24, 2.45) is 5.73 Å². The summed E-state index contributed by atoms with van der Waals surface area (Å²) in [6, 6.07) is 0. The Balaban J connectivity index is 2.26. The highest BCUT2D eigenvalue weighted by Crippen LogP contribution is 2.31. The predicted molar refractivity (Wildman–Crippen MR) is 48.2 cm³/mol. The highest BCUT2D eigenvalue weighted by molar-refractivity contribution is 4.75. The lowest BCUT2D eigenvalue weighted by Crippen LogP contribution is -2.29. The summed E-state index contributed by atoms with van der Waals surface area (Å²) in [5.41, 5.74) is 5.37. The zero-order chi connectivity index (χ0) is 11.5. The molecule has 90 valence electrons. The molecule has 0 saturated carbocycles. The molecule has 1 rings (SSSR count). The Labute approximate surface area is 86.7 Å². The molecule has 0 aliphatic carbocycles. The summed E-state index contributed by atoms with van der Waals surface area (Å²) in [7, 11) is 0. The molecule has 0 aromatic rings. The lowest BCUT2D eigenvalue weighted by molar-refractivity contribution is -0.169. The Morgan fingerprint density at radius 1 is 1.47 bits per heavy atom. The Morgan fingerprint density at radius 2 is 2.13 bits per heavy atom. The lowest BCUT2D eigenvalue weighted by Gasteiger charge is -2.23. The van der Waals surface area contributed by atoms with E-state index in [1.165, 1.54) is 0 Å². The maximum atomic E-state index is 11.9. The molecule has 2 unspecified atom stereocenters. The van der Waals surface area contributed by atoms with E-state index in [2.05, 4.69) is 0 Å². The van der Waals surface area contributed by atoms with Gasteiger partial charge in [-0.2, -0.15) is 13.2 Å². The van der Waals surface area contributed by atoms with Crippen molar-refractivity contribution in [1.82, 2.24) is 0 Å². The van der Waals surface area contributed by atoms with E-state index in [0.29, 0.717) is 13.2 Å². The molecule has 0 radical (unpaired) electrons. The minimum atomic E-state index is -4.11. The van der Waals surface area contributed by atoms with Gasteiger partial charge in [0.2, 0.25) is 0 Å². The predicted octanol–water partition coefficient (Wildman–Crippen LogP) is 1.81. The van der Waals surface area contributed by atoms with Gasteiger partial charge in [-0.05, 0) is 13.3 Å². The Morgan fingerprint density at radius 3 is 2.60 bits per heavy atom. The maximum Gasteiger partial charge on any atom is 0.389 e. The van der Waals surface area contributed by atoms with Gasteiger partial charge in [-0.25, -0.2) is 0 Å². The Bertz CT molecular complexity index is 210. The molecule has 1 heterocycles. The summed E-state index contributed by atoms with van der Waals surface area (Å²) in [5, 5.41) is 0. The summed E-state index contributed by atoms with van der Waals surface area (Å²) in [6.45, 7) is 2.34. The van der Waals surface area contributed by atoms with E-state index in [0.717, 1.165) is 0 Å². The molecule has 2 N–H and O–H groups in total. The van der Waals surface area contributed by atoms with Gasteiger partial charge < -0.3 is 15.2 Å². The van der Waals surface area contributed by atoms with E-state index in [1.54, 1.807) is 6.92 Å². The second-order valence-electron chi connectivity index (χ2n) is 3.89. The largest absolute Gasteiger partial charge is 0.389 e. The van der Waals surface area contributed by atoms with Gasteiger partial charge in [-0.15, -0.1) is 0 Å². The molecule has 1 aliphatic rings. The van der Waals surface area contributed by atoms with Gasteiger partial charge in [0.25, 0.3) is 0 Å². The van der Waals surface area contributed by atoms with Gasteiger partial charge in [0.15, 0.2) is 5.79 Å². The number of hydrogen-bond donors (Lipinski definition) is 1. The lowest BCUT2D eigenvalue weighted by atomic mass is 10.1. The summed E-state index contributed by atoms with van der Waals surface area (Å²) in [5.74, 6) is -0.894. The van der Waals surface area contributed by atoms with Crippen LogP contribution in [0.5, 0.6) is 0 Å². The van der Waals surface area contributed by atoms with E-state index in [1.807, 2.05) is 0 Å². The molecule has 3 nitrogen and oxygen atoms in total. The minimum Gasteiger partial charge on any atom is -0.347 e. The standard InChI is InChI=1S/C9H16F3NO2/c1-8(3-2-4-9(10,11)12)14-6-7(5-13)15-8/h7H,2-6,13H2,1H3.